The van der Waals surface area contributed by atoms with Gasteiger partial charge in [0.15, 0.2) is 0 Å². The van der Waals surface area contributed by atoms with Gasteiger partial charge in [-0.3, -0.25) is 9.59 Å². The van der Waals surface area contributed by atoms with Crippen LogP contribution in [0.5, 0.6) is 11.5 Å². The van der Waals surface area contributed by atoms with E-state index in [1.807, 2.05) is 30.3 Å². The second kappa shape index (κ2) is 6.57. The highest BCUT2D eigenvalue weighted by molar-refractivity contribution is 6.02. The van der Waals surface area contributed by atoms with Crippen molar-refractivity contribution in [3.8, 4) is 11.5 Å². The van der Waals surface area contributed by atoms with E-state index in [1.54, 1.807) is 24.3 Å². The van der Waals surface area contributed by atoms with Crippen LogP contribution in [-0.4, -0.2) is 15.9 Å². The maximum atomic E-state index is 12.0. The van der Waals surface area contributed by atoms with Gasteiger partial charge in [-0.1, -0.05) is 18.2 Å². The lowest BCUT2D eigenvalue weighted by molar-refractivity contribution is 0.102. The summed E-state index contributed by atoms with van der Waals surface area (Å²) in [5.41, 5.74) is 0.257. The standard InChI is InChI=1S/C17H13N3O3/c21-16-10-15(18-11-19-16)17(22)20-12-6-8-14(9-7-12)23-13-4-2-1-3-5-13/h1-11H,(H,20,22)(H,18,19,21). The van der Waals surface area contributed by atoms with E-state index in [9.17, 15) is 9.59 Å². The molecule has 1 heterocycles. The van der Waals surface area contributed by atoms with Crippen molar-refractivity contribution in [2.45, 2.75) is 0 Å². The first kappa shape index (κ1) is 14.5. The number of carbonyl (C=O) groups is 1. The average Bonchev–Trinajstić information content (AvgIpc) is 2.57. The van der Waals surface area contributed by atoms with E-state index >= 15 is 0 Å². The van der Waals surface area contributed by atoms with Gasteiger partial charge in [-0.25, -0.2) is 4.98 Å². The molecule has 3 aromatic rings. The molecule has 0 saturated carbocycles. The fourth-order valence-corrected chi connectivity index (χ4v) is 1.92. The molecule has 0 fully saturated rings. The Kier molecular flexibility index (Phi) is 4.15. The molecule has 0 aliphatic rings. The highest BCUT2D eigenvalue weighted by Crippen LogP contribution is 2.22. The van der Waals surface area contributed by atoms with E-state index in [4.69, 9.17) is 4.74 Å². The van der Waals surface area contributed by atoms with Crippen LogP contribution in [0.2, 0.25) is 0 Å². The molecule has 0 spiro atoms. The summed E-state index contributed by atoms with van der Waals surface area (Å²) >= 11 is 0. The van der Waals surface area contributed by atoms with Crippen LogP contribution in [0.15, 0.2) is 71.8 Å². The third-order valence-electron chi connectivity index (χ3n) is 3.00. The van der Waals surface area contributed by atoms with Crippen molar-refractivity contribution in [2.75, 3.05) is 5.32 Å². The number of para-hydroxylation sites is 1. The van der Waals surface area contributed by atoms with Crippen LogP contribution in [0.25, 0.3) is 0 Å². The number of benzene rings is 2. The third kappa shape index (κ3) is 3.82. The molecule has 2 aromatic carbocycles. The molecule has 0 aliphatic carbocycles. The Morgan fingerprint density at radius 2 is 1.70 bits per heavy atom. The SMILES string of the molecule is O=C(Nc1ccc(Oc2ccccc2)cc1)c1cc(=O)[nH]cn1. The number of aromatic amines is 1. The van der Waals surface area contributed by atoms with Gasteiger partial charge in [-0.2, -0.15) is 0 Å². The summed E-state index contributed by atoms with van der Waals surface area (Å²) in [6.07, 6.45) is 1.19. The first-order chi connectivity index (χ1) is 11.2. The maximum absolute atomic E-state index is 12.0. The van der Waals surface area contributed by atoms with Crippen molar-refractivity contribution in [3.05, 3.63) is 83.0 Å². The molecule has 0 atom stereocenters. The van der Waals surface area contributed by atoms with Crippen molar-refractivity contribution in [1.29, 1.82) is 0 Å². The number of nitrogens with zero attached hydrogens (tertiary/aromatic N) is 1. The number of ether oxygens (including phenoxy) is 1. The number of rotatable bonds is 4. The number of anilines is 1. The first-order valence-electron chi connectivity index (χ1n) is 6.90. The zero-order valence-electron chi connectivity index (χ0n) is 12.0. The molecule has 3 rings (SSSR count). The van der Waals surface area contributed by atoms with Crippen LogP contribution in [0.4, 0.5) is 5.69 Å². The van der Waals surface area contributed by atoms with Crippen LogP contribution < -0.4 is 15.6 Å². The summed E-state index contributed by atoms with van der Waals surface area (Å²) in [5, 5.41) is 2.67. The molecule has 0 radical (unpaired) electrons. The van der Waals surface area contributed by atoms with Crippen molar-refractivity contribution >= 4 is 11.6 Å². The monoisotopic (exact) mass is 307 g/mol. The van der Waals surface area contributed by atoms with Crippen molar-refractivity contribution in [1.82, 2.24) is 9.97 Å². The predicted octanol–water partition coefficient (Wildman–Crippen LogP) is 2.81. The predicted molar refractivity (Wildman–Crippen MR) is 85.8 cm³/mol. The molecule has 0 saturated heterocycles. The minimum Gasteiger partial charge on any atom is -0.457 e. The Morgan fingerprint density at radius 1 is 1.00 bits per heavy atom. The maximum Gasteiger partial charge on any atom is 0.274 e. The van der Waals surface area contributed by atoms with Gasteiger partial charge in [0, 0.05) is 11.8 Å². The summed E-state index contributed by atoms with van der Waals surface area (Å²) in [5.74, 6) is 0.938. The van der Waals surface area contributed by atoms with Gasteiger partial charge in [0.05, 0.1) is 6.33 Å². The Hall–Kier alpha value is -3.41. The van der Waals surface area contributed by atoms with E-state index in [-0.39, 0.29) is 11.3 Å². The Morgan fingerprint density at radius 3 is 2.39 bits per heavy atom. The van der Waals surface area contributed by atoms with Gasteiger partial charge in [0.25, 0.3) is 11.5 Å². The van der Waals surface area contributed by atoms with Crippen molar-refractivity contribution in [2.24, 2.45) is 0 Å². The molecule has 1 amide bonds. The largest absolute Gasteiger partial charge is 0.457 e. The van der Waals surface area contributed by atoms with Crippen LogP contribution in [0.1, 0.15) is 10.5 Å². The van der Waals surface area contributed by atoms with E-state index in [0.29, 0.717) is 11.4 Å². The van der Waals surface area contributed by atoms with Gasteiger partial charge >= 0.3 is 0 Å². The Bertz CT molecular complexity index is 858. The number of nitrogens with one attached hydrogen (secondary N) is 2. The molecule has 6 nitrogen and oxygen atoms in total. The van der Waals surface area contributed by atoms with Crippen LogP contribution >= 0.6 is 0 Å². The fraction of sp³-hybridized carbons (Fsp3) is 0. The Labute approximate surface area is 131 Å². The highest BCUT2D eigenvalue weighted by Gasteiger charge is 2.08. The number of hydrogen-bond acceptors (Lipinski definition) is 4. The second-order valence-electron chi connectivity index (χ2n) is 4.69. The average molecular weight is 307 g/mol. The minimum absolute atomic E-state index is 0.0540. The smallest absolute Gasteiger partial charge is 0.274 e. The zero-order valence-corrected chi connectivity index (χ0v) is 12.0. The number of H-pyrrole nitrogens is 1. The summed E-state index contributed by atoms with van der Waals surface area (Å²) < 4.78 is 5.67. The third-order valence-corrected chi connectivity index (χ3v) is 3.00. The summed E-state index contributed by atoms with van der Waals surface area (Å²) in [6, 6.07) is 17.4. The van der Waals surface area contributed by atoms with E-state index in [1.165, 1.54) is 6.33 Å². The topological polar surface area (TPSA) is 84.1 Å². The number of aromatic nitrogens is 2. The fourth-order valence-electron chi connectivity index (χ4n) is 1.92. The quantitative estimate of drug-likeness (QED) is 0.776. The molecular formula is C17H13N3O3. The highest BCUT2D eigenvalue weighted by atomic mass is 16.5. The van der Waals surface area contributed by atoms with Crippen LogP contribution in [0.3, 0.4) is 0 Å². The van der Waals surface area contributed by atoms with E-state index < -0.39 is 5.91 Å². The lowest BCUT2D eigenvalue weighted by Crippen LogP contribution is -2.17. The molecule has 0 aliphatic heterocycles. The normalized spacial score (nSPS) is 10.1. The molecule has 6 heteroatoms. The molecular weight excluding hydrogens is 294 g/mol. The zero-order chi connectivity index (χ0) is 16.1. The molecule has 0 bridgehead atoms. The number of hydrogen-bond donors (Lipinski definition) is 2. The van der Waals surface area contributed by atoms with Crippen molar-refractivity contribution in [3.63, 3.8) is 0 Å². The van der Waals surface area contributed by atoms with E-state index in [0.717, 1.165) is 11.8 Å². The summed E-state index contributed by atoms with van der Waals surface area (Å²) in [6.45, 7) is 0. The van der Waals surface area contributed by atoms with E-state index in [2.05, 4.69) is 15.3 Å². The summed E-state index contributed by atoms with van der Waals surface area (Å²) in [7, 11) is 0. The lowest BCUT2D eigenvalue weighted by Gasteiger charge is -2.07. The number of carbonyl (C=O) groups excluding carboxylic acids is 1. The number of amides is 1. The Balaban J connectivity index is 1.68. The van der Waals surface area contributed by atoms with Gasteiger partial charge in [-0.05, 0) is 36.4 Å². The second-order valence-corrected chi connectivity index (χ2v) is 4.69. The van der Waals surface area contributed by atoms with Gasteiger partial charge in [0.1, 0.15) is 17.2 Å². The molecule has 2 N–H and O–H groups in total. The summed E-state index contributed by atoms with van der Waals surface area (Å²) in [4.78, 5) is 29.3. The van der Waals surface area contributed by atoms with Crippen LogP contribution in [-0.2, 0) is 0 Å². The molecule has 114 valence electrons. The van der Waals surface area contributed by atoms with Crippen LogP contribution in [0, 0.1) is 0 Å². The lowest BCUT2D eigenvalue weighted by atomic mass is 10.3. The minimum atomic E-state index is -0.451. The van der Waals surface area contributed by atoms with Crippen molar-refractivity contribution < 1.29 is 9.53 Å². The van der Waals surface area contributed by atoms with Gasteiger partial charge in [-0.15, -0.1) is 0 Å². The van der Waals surface area contributed by atoms with Gasteiger partial charge < -0.3 is 15.0 Å². The first-order valence-corrected chi connectivity index (χ1v) is 6.90. The van der Waals surface area contributed by atoms with Gasteiger partial charge in [0.2, 0.25) is 0 Å². The molecule has 23 heavy (non-hydrogen) atoms. The molecule has 1 aromatic heterocycles. The molecule has 0 unspecified atom stereocenters.